The highest BCUT2D eigenvalue weighted by Gasteiger charge is 2.42. The maximum Gasteiger partial charge on any atom is 0.326 e. The average molecular weight is 1780 g/mol. The van der Waals surface area contributed by atoms with Crippen molar-refractivity contribution in [1.29, 1.82) is 0 Å². The van der Waals surface area contributed by atoms with Crippen molar-refractivity contribution in [2.75, 3.05) is 47.8 Å². The Bertz CT molecular complexity index is 3460. The van der Waals surface area contributed by atoms with Crippen LogP contribution in [-0.4, -0.2) is 328 Å². The van der Waals surface area contributed by atoms with E-state index in [1.807, 2.05) is 0 Å². The van der Waals surface area contributed by atoms with E-state index in [9.17, 15) is 132 Å². The molecule has 0 aliphatic heterocycles. The van der Waals surface area contributed by atoms with E-state index in [4.69, 9.17) is 5.73 Å². The second-order valence-electron chi connectivity index (χ2n) is 29.0. The van der Waals surface area contributed by atoms with Crippen LogP contribution in [-0.2, 0) is 91.1 Å². The fourth-order valence-electron chi connectivity index (χ4n) is 10.5. The number of aliphatic carboxylic acids is 3. The van der Waals surface area contributed by atoms with Gasteiger partial charge in [0.15, 0.2) is 0 Å². The zero-order valence-electron chi connectivity index (χ0n) is 68.1. The van der Waals surface area contributed by atoms with E-state index < -0.39 is 294 Å². The molecule has 0 aromatic rings. The molecule has 26 N–H and O–H groups in total. The van der Waals surface area contributed by atoms with Gasteiger partial charge in [0.05, 0.1) is 55.9 Å². The summed E-state index contributed by atoms with van der Waals surface area (Å²) in [6.45, 7) is 16.0. The highest BCUT2D eigenvalue weighted by molar-refractivity contribution is 7.98. The van der Waals surface area contributed by atoms with Crippen LogP contribution in [0.1, 0.15) is 116 Å². The minimum atomic E-state index is -2.05. The zero-order valence-corrected chi connectivity index (χ0v) is 72.4. The molecule has 118 heavy (non-hydrogen) atoms. The Labute approximate surface area is 707 Å². The van der Waals surface area contributed by atoms with E-state index in [1.54, 1.807) is 12.5 Å². The van der Waals surface area contributed by atoms with Gasteiger partial charge in [-0.1, -0.05) is 55.4 Å². The molecule has 21 atom stereocenters. The molecular weight excluding hydrogens is 1660 g/mol. The van der Waals surface area contributed by atoms with E-state index in [1.165, 1.54) is 78.9 Å². The largest absolute Gasteiger partial charge is 0.481 e. The maximum atomic E-state index is 14.0. The second kappa shape index (κ2) is 54.6. The molecular formula is C69H119N17O27S5. The Hall–Kier alpha value is -8.56. The minimum Gasteiger partial charge on any atom is -0.481 e. The molecule has 0 saturated carbocycles. The number of hydrogen-bond donors (Lipinski definition) is 28. The number of rotatable bonds is 55. The van der Waals surface area contributed by atoms with Crippen LogP contribution in [0.2, 0.25) is 0 Å². The van der Waals surface area contributed by atoms with Gasteiger partial charge in [0.25, 0.3) is 0 Å². The van der Waals surface area contributed by atoms with E-state index in [0.29, 0.717) is 5.75 Å². The van der Waals surface area contributed by atoms with Crippen molar-refractivity contribution >= 4 is 174 Å². The number of aliphatic hydroxyl groups is 5. The van der Waals surface area contributed by atoms with Crippen molar-refractivity contribution in [3.63, 3.8) is 0 Å². The molecule has 0 spiro atoms. The van der Waals surface area contributed by atoms with Crippen molar-refractivity contribution in [2.45, 2.75) is 243 Å². The van der Waals surface area contributed by atoms with Gasteiger partial charge in [-0.15, -0.1) is 0 Å². The van der Waals surface area contributed by atoms with Crippen LogP contribution in [0.25, 0.3) is 0 Å². The van der Waals surface area contributed by atoms with Crippen molar-refractivity contribution in [3.05, 3.63) is 0 Å². The number of thioether (sulfide) groups is 2. The number of nitrogens with two attached hydrogens (primary N) is 1. The first-order valence-corrected chi connectivity index (χ1v) is 41.9. The first kappa shape index (κ1) is 109. The Morgan fingerprint density at radius 1 is 0.288 bits per heavy atom. The molecule has 0 aromatic carbocycles. The molecule has 0 unspecified atom stereocenters. The van der Waals surface area contributed by atoms with Crippen LogP contribution < -0.4 is 90.8 Å². The summed E-state index contributed by atoms with van der Waals surface area (Å²) in [6.07, 6.45) is -7.72. The van der Waals surface area contributed by atoms with Crippen molar-refractivity contribution in [3.8, 4) is 0 Å². The quantitative estimate of drug-likeness (QED) is 0.0252. The molecule has 0 radical (unpaired) electrons. The number of carboxylic acid groups (broad SMARTS) is 3. The lowest BCUT2D eigenvalue weighted by Gasteiger charge is -2.30. The maximum absolute atomic E-state index is 14.0. The van der Waals surface area contributed by atoms with Crippen molar-refractivity contribution in [1.82, 2.24) is 85.1 Å². The lowest BCUT2D eigenvalue weighted by molar-refractivity contribution is -0.144. The fraction of sp³-hybridized carbons (Fsp3) is 0.725. The average Bonchev–Trinajstić information content (AvgIpc) is 1.03. The minimum absolute atomic E-state index is 0.0273. The van der Waals surface area contributed by atoms with Gasteiger partial charge in [0.1, 0.15) is 90.6 Å². The standard InChI is InChI=1S/C69H119N17O27S5/c1-26(2)45(61(104)71-22-42(92)72-36(16-18-117-14)55(98)74-38(20-43(93)94)57(100)76-40(24-115)59(102)78-46(27(3)4)62(105)82-51(32(11)89)66(109)85-50(31(10)88)65(108)81-48(29(7)8)69(112)113)80-64(107)49(30(9)87)84-68(111)53(34(13)91)86-67(110)52(33(12)90)83-63(106)47(28(5)6)79-60(103)41(25-116)77-58(101)39(21-44(95)96)75-56(99)37(17-19-118-15)73-54(97)35(70)23-114/h26-41,45-53,87-91,114-116H,16-25,70H2,1-15H3,(H,71,104)(H,72,92)(H,73,97)(H,74,98)(H,75,99)(H,76,100)(H,77,101)(H,78,102)(H,79,103)(H,80,107)(H,81,108)(H,82,105)(H,83,106)(H,84,111)(H,85,109)(H,86,110)(H,93,94)(H,95,96)(H,112,113)/t30-,31-,32-,33-,34-,35+,36+,37+,38+,39+,40+,41+,45+,46+,47+,48+,49+,50+,51+,52+,53+/m1/s1. The summed E-state index contributed by atoms with van der Waals surface area (Å²) in [4.78, 5) is 254. The van der Waals surface area contributed by atoms with Crippen molar-refractivity contribution < 1.29 is 132 Å². The first-order chi connectivity index (χ1) is 54.8. The van der Waals surface area contributed by atoms with E-state index in [-0.39, 0.29) is 24.3 Å². The van der Waals surface area contributed by atoms with Crippen LogP contribution in [0.4, 0.5) is 0 Å². The molecule has 0 fully saturated rings. The lowest BCUT2D eigenvalue weighted by atomic mass is 10.0. The fourth-order valence-corrected chi connectivity index (χ4v) is 12.1. The smallest absolute Gasteiger partial charge is 0.326 e. The molecule has 0 aromatic heterocycles. The Morgan fingerprint density at radius 3 is 0.771 bits per heavy atom. The van der Waals surface area contributed by atoms with Gasteiger partial charge >= 0.3 is 17.9 Å². The van der Waals surface area contributed by atoms with Gasteiger partial charge in [-0.25, -0.2) is 4.79 Å². The number of hydrogen-bond acceptors (Lipinski definition) is 30. The Balaban J connectivity index is 6.49. The molecule has 672 valence electrons. The lowest BCUT2D eigenvalue weighted by Crippen LogP contribution is -2.64. The second-order valence-corrected chi connectivity index (χ2v) is 32.0. The molecule has 0 aliphatic rings. The summed E-state index contributed by atoms with van der Waals surface area (Å²) in [5.41, 5.74) is 5.74. The predicted octanol–water partition coefficient (Wildman–Crippen LogP) is -9.44. The van der Waals surface area contributed by atoms with Crippen molar-refractivity contribution in [2.24, 2.45) is 29.4 Å². The van der Waals surface area contributed by atoms with Gasteiger partial charge in [0.2, 0.25) is 94.5 Å². The van der Waals surface area contributed by atoms with Gasteiger partial charge in [-0.05, 0) is 95.1 Å². The molecule has 49 heteroatoms. The monoisotopic (exact) mass is 1780 g/mol. The Kier molecular flexibility index (Phi) is 50.6. The predicted molar refractivity (Wildman–Crippen MR) is 437 cm³/mol. The molecule has 0 aliphatic carbocycles. The van der Waals surface area contributed by atoms with Crippen LogP contribution in [0.15, 0.2) is 0 Å². The topological polar surface area (TPSA) is 705 Å². The number of carboxylic acids is 3. The molecule has 16 amide bonds. The summed E-state index contributed by atoms with van der Waals surface area (Å²) in [5, 5.41) is 119. The molecule has 44 nitrogen and oxygen atoms in total. The summed E-state index contributed by atoms with van der Waals surface area (Å²) in [6, 6.07) is -27.0. The van der Waals surface area contributed by atoms with Gasteiger partial charge in [-0.2, -0.15) is 61.4 Å². The highest BCUT2D eigenvalue weighted by atomic mass is 32.2. The molecule has 0 heterocycles. The van der Waals surface area contributed by atoms with E-state index in [0.717, 1.165) is 34.6 Å². The molecule has 0 saturated heterocycles. The number of nitrogens with one attached hydrogen (secondary N) is 16. The number of carbonyl (C=O) groups excluding carboxylic acids is 16. The van der Waals surface area contributed by atoms with E-state index >= 15 is 0 Å². The first-order valence-electron chi connectivity index (χ1n) is 37.2. The van der Waals surface area contributed by atoms with Crippen LogP contribution in [0.3, 0.4) is 0 Å². The normalized spacial score (nSPS) is 16.7. The van der Waals surface area contributed by atoms with Gasteiger partial charge < -0.3 is 132 Å². The molecule has 0 bridgehead atoms. The number of thiol groups is 3. The zero-order chi connectivity index (χ0) is 91.2. The van der Waals surface area contributed by atoms with Crippen LogP contribution in [0.5, 0.6) is 0 Å². The third kappa shape index (κ3) is 38.2. The molecule has 0 rings (SSSR count). The summed E-state index contributed by atoms with van der Waals surface area (Å²) in [7, 11) is 0. The van der Waals surface area contributed by atoms with Gasteiger partial charge in [-0.3, -0.25) is 86.3 Å². The summed E-state index contributed by atoms with van der Waals surface area (Å²) < 4.78 is 0. The number of amides is 16. The third-order valence-corrected chi connectivity index (χ3v) is 19.8. The van der Waals surface area contributed by atoms with Crippen LogP contribution in [0, 0.1) is 23.7 Å². The van der Waals surface area contributed by atoms with Gasteiger partial charge in [0, 0.05) is 17.3 Å². The van der Waals surface area contributed by atoms with Crippen LogP contribution >= 0.6 is 61.4 Å². The summed E-state index contributed by atoms with van der Waals surface area (Å²) >= 11 is 14.7. The number of aliphatic hydroxyl groups excluding tert-OH is 5. The third-order valence-electron chi connectivity index (χ3n) is 17.4. The SMILES string of the molecule is CSCC[C@H](NC(=O)CNC(=O)[C@@H](NC(=O)[C@@H](NC(=O)[C@@H](NC(=O)[C@@H](NC(=O)[C@@H](NC(=O)[C@H](CS)NC(=O)[C@H](CC(=O)O)NC(=O)[C@H](CCSC)NC(=O)[C@@H](N)CS)C(C)C)[C@@H](C)O)[C@@H](C)O)[C@@H](C)O)C(C)C)C(=O)N[C@@H](CC(=O)O)C(=O)N[C@@H](CS)C(=O)N[C@H](C(=O)N[C@H](C(=O)N[C@H](C(=O)N[C@H](C(=O)O)C(C)C)[C@@H](C)O)[C@@H](C)O)C(C)C. The summed E-state index contributed by atoms with van der Waals surface area (Å²) in [5.74, 6) is -26.5. The van der Waals surface area contributed by atoms with E-state index in [2.05, 4.69) is 123 Å². The Morgan fingerprint density at radius 2 is 0.517 bits per heavy atom. The highest BCUT2D eigenvalue weighted by Crippen LogP contribution is 2.14. The number of carbonyl (C=O) groups is 19.